The van der Waals surface area contributed by atoms with Gasteiger partial charge in [-0.15, -0.1) is 0 Å². The number of piperazine rings is 1. The van der Waals surface area contributed by atoms with Gasteiger partial charge in [-0.2, -0.15) is 4.31 Å². The van der Waals surface area contributed by atoms with E-state index in [9.17, 15) is 18.0 Å². The lowest BCUT2D eigenvalue weighted by Gasteiger charge is -2.36. The lowest BCUT2D eigenvalue weighted by atomic mass is 10.2. The highest BCUT2D eigenvalue weighted by Crippen LogP contribution is 2.23. The molecule has 2 fully saturated rings. The average molecular weight is 426 g/mol. The van der Waals surface area contributed by atoms with Crippen molar-refractivity contribution in [3.8, 4) is 5.75 Å². The zero-order valence-electron chi connectivity index (χ0n) is 16.7. The summed E-state index contributed by atoms with van der Waals surface area (Å²) in [5.74, 6) is 0.472. The van der Waals surface area contributed by atoms with Gasteiger partial charge in [-0.25, -0.2) is 13.2 Å². The first-order chi connectivity index (χ1) is 13.9. The maximum absolute atomic E-state index is 12.9. The van der Waals surface area contributed by atoms with E-state index < -0.39 is 22.2 Å². The van der Waals surface area contributed by atoms with Crippen LogP contribution in [0, 0.1) is 0 Å². The van der Waals surface area contributed by atoms with Crippen molar-refractivity contribution < 1.29 is 27.5 Å². The van der Waals surface area contributed by atoms with E-state index in [1.165, 1.54) is 28.4 Å². The second kappa shape index (κ2) is 9.00. The maximum atomic E-state index is 12.9. The number of carbonyl (C=O) groups excluding carboxylic acids is 2. The molecular weight excluding hydrogens is 398 g/mol. The molecule has 160 valence electrons. The third kappa shape index (κ3) is 4.48. The molecule has 0 radical (unpaired) electrons. The van der Waals surface area contributed by atoms with Gasteiger partial charge < -0.3 is 14.4 Å². The standard InChI is InChI=1S/C19H27N3O6S/c1-3-28-15-6-8-16(9-7-15)29(25,26)21-13-11-20(12-14-21)18(23)17-5-4-10-22(17)19(24)27-2/h6-9,17H,3-5,10-14H2,1-2H3. The van der Waals surface area contributed by atoms with E-state index in [0.717, 1.165) is 6.42 Å². The largest absolute Gasteiger partial charge is 0.494 e. The monoisotopic (exact) mass is 425 g/mol. The smallest absolute Gasteiger partial charge is 0.410 e. The normalized spacial score (nSPS) is 20.6. The molecular formula is C19H27N3O6S. The Morgan fingerprint density at radius 1 is 1.07 bits per heavy atom. The first kappa shape index (κ1) is 21.4. The van der Waals surface area contributed by atoms with E-state index >= 15 is 0 Å². The van der Waals surface area contributed by atoms with Crippen molar-refractivity contribution in [3.05, 3.63) is 24.3 Å². The Labute approximate surface area is 171 Å². The molecule has 0 aromatic heterocycles. The zero-order chi connectivity index (χ0) is 21.0. The van der Waals surface area contributed by atoms with E-state index in [1.54, 1.807) is 17.0 Å². The number of carbonyl (C=O) groups is 2. The van der Waals surface area contributed by atoms with E-state index in [4.69, 9.17) is 9.47 Å². The fourth-order valence-electron chi connectivity index (χ4n) is 3.74. The van der Waals surface area contributed by atoms with Gasteiger partial charge in [-0.1, -0.05) is 0 Å². The van der Waals surface area contributed by atoms with Crippen molar-refractivity contribution in [2.24, 2.45) is 0 Å². The summed E-state index contributed by atoms with van der Waals surface area (Å²) >= 11 is 0. The molecule has 0 N–H and O–H groups in total. The van der Waals surface area contributed by atoms with Gasteiger partial charge in [0, 0.05) is 32.7 Å². The summed E-state index contributed by atoms with van der Waals surface area (Å²) in [5, 5.41) is 0. The number of hydrogen-bond acceptors (Lipinski definition) is 6. The third-order valence-electron chi connectivity index (χ3n) is 5.27. The molecule has 1 atom stereocenters. The topological polar surface area (TPSA) is 96.5 Å². The van der Waals surface area contributed by atoms with Crippen LogP contribution in [0.5, 0.6) is 5.75 Å². The SMILES string of the molecule is CCOc1ccc(S(=O)(=O)N2CCN(C(=O)C3CCCN3C(=O)OC)CC2)cc1. The first-order valence-corrected chi connectivity index (χ1v) is 11.2. The number of methoxy groups -OCH3 is 1. The van der Waals surface area contributed by atoms with Crippen LogP contribution in [0.1, 0.15) is 19.8 Å². The third-order valence-corrected chi connectivity index (χ3v) is 7.18. The number of rotatable bonds is 5. The molecule has 2 aliphatic rings. The van der Waals surface area contributed by atoms with Crippen LogP contribution in [0.25, 0.3) is 0 Å². The second-order valence-corrected chi connectivity index (χ2v) is 8.89. The van der Waals surface area contributed by atoms with Crippen molar-refractivity contribution in [2.45, 2.75) is 30.7 Å². The minimum Gasteiger partial charge on any atom is -0.494 e. The predicted octanol–water partition coefficient (Wildman–Crippen LogP) is 1.15. The molecule has 2 heterocycles. The van der Waals surface area contributed by atoms with Gasteiger partial charge >= 0.3 is 6.09 Å². The van der Waals surface area contributed by atoms with Gasteiger partial charge in [0.05, 0.1) is 18.6 Å². The van der Waals surface area contributed by atoms with Crippen LogP contribution in [0.15, 0.2) is 29.2 Å². The van der Waals surface area contributed by atoms with Gasteiger partial charge in [0.1, 0.15) is 11.8 Å². The van der Waals surface area contributed by atoms with Gasteiger partial charge in [0.15, 0.2) is 0 Å². The number of ether oxygens (including phenoxy) is 2. The Morgan fingerprint density at radius 3 is 2.31 bits per heavy atom. The Hall–Kier alpha value is -2.33. The number of likely N-dealkylation sites (tertiary alicyclic amines) is 1. The van der Waals surface area contributed by atoms with Crippen LogP contribution >= 0.6 is 0 Å². The molecule has 1 unspecified atom stereocenters. The lowest BCUT2D eigenvalue weighted by molar-refractivity contribution is -0.136. The molecule has 2 amide bonds. The van der Waals surface area contributed by atoms with Gasteiger partial charge in [0.2, 0.25) is 15.9 Å². The summed E-state index contributed by atoms with van der Waals surface area (Å²) in [7, 11) is -2.34. The van der Waals surface area contributed by atoms with Crippen LogP contribution in [0.4, 0.5) is 4.79 Å². The number of amides is 2. The molecule has 0 bridgehead atoms. The molecule has 0 saturated carbocycles. The summed E-state index contributed by atoms with van der Waals surface area (Å²) in [6.45, 7) is 3.88. The molecule has 2 aliphatic heterocycles. The average Bonchev–Trinajstić information content (AvgIpc) is 3.23. The van der Waals surface area contributed by atoms with E-state index in [1.807, 2.05) is 6.92 Å². The molecule has 3 rings (SSSR count). The molecule has 2 saturated heterocycles. The molecule has 0 aliphatic carbocycles. The van der Waals surface area contributed by atoms with Crippen molar-refractivity contribution in [1.29, 1.82) is 0 Å². The second-order valence-electron chi connectivity index (χ2n) is 6.96. The summed E-state index contributed by atoms with van der Waals surface area (Å²) in [4.78, 5) is 28.0. The molecule has 29 heavy (non-hydrogen) atoms. The summed E-state index contributed by atoms with van der Waals surface area (Å²) in [6, 6.07) is 5.81. The number of hydrogen-bond donors (Lipinski definition) is 0. The van der Waals surface area contributed by atoms with E-state index in [-0.39, 0.29) is 23.9 Å². The van der Waals surface area contributed by atoms with Gasteiger partial charge in [0.25, 0.3) is 0 Å². The Balaban J connectivity index is 1.62. The Bertz CT molecular complexity index is 834. The fraction of sp³-hybridized carbons (Fsp3) is 0.579. The molecule has 10 heteroatoms. The van der Waals surface area contributed by atoms with Gasteiger partial charge in [-0.3, -0.25) is 9.69 Å². The van der Waals surface area contributed by atoms with E-state index in [2.05, 4.69) is 0 Å². The summed E-state index contributed by atoms with van der Waals surface area (Å²) in [6.07, 6.45) is 0.841. The summed E-state index contributed by atoms with van der Waals surface area (Å²) in [5.41, 5.74) is 0. The van der Waals surface area contributed by atoms with Crippen molar-refractivity contribution in [1.82, 2.24) is 14.1 Å². The fourth-order valence-corrected chi connectivity index (χ4v) is 5.16. The molecule has 9 nitrogen and oxygen atoms in total. The minimum absolute atomic E-state index is 0.147. The van der Waals surface area contributed by atoms with Crippen LogP contribution < -0.4 is 4.74 Å². The Kier molecular flexibility index (Phi) is 6.63. The predicted molar refractivity (Wildman–Crippen MR) is 105 cm³/mol. The molecule has 1 aromatic carbocycles. The summed E-state index contributed by atoms with van der Waals surface area (Å²) < 4.78 is 37.3. The zero-order valence-corrected chi connectivity index (χ0v) is 17.6. The maximum Gasteiger partial charge on any atom is 0.410 e. The van der Waals surface area contributed by atoms with Crippen molar-refractivity contribution >= 4 is 22.0 Å². The van der Waals surface area contributed by atoms with Crippen LogP contribution in [0.3, 0.4) is 0 Å². The number of benzene rings is 1. The lowest BCUT2D eigenvalue weighted by Crippen LogP contribution is -2.55. The minimum atomic E-state index is -3.63. The van der Waals surface area contributed by atoms with Crippen LogP contribution in [-0.2, 0) is 19.6 Å². The number of nitrogens with zero attached hydrogens (tertiary/aromatic N) is 3. The highest BCUT2D eigenvalue weighted by atomic mass is 32.2. The van der Waals surface area contributed by atoms with Gasteiger partial charge in [-0.05, 0) is 44.0 Å². The number of sulfonamides is 1. The highest BCUT2D eigenvalue weighted by molar-refractivity contribution is 7.89. The Morgan fingerprint density at radius 2 is 1.72 bits per heavy atom. The first-order valence-electron chi connectivity index (χ1n) is 9.75. The molecule has 0 spiro atoms. The van der Waals surface area contributed by atoms with Crippen LogP contribution in [-0.4, -0.2) is 87.0 Å². The molecule has 1 aromatic rings. The van der Waals surface area contributed by atoms with Crippen molar-refractivity contribution in [2.75, 3.05) is 46.4 Å². The van der Waals surface area contributed by atoms with E-state index in [0.29, 0.717) is 38.4 Å². The highest BCUT2D eigenvalue weighted by Gasteiger charge is 2.39. The quantitative estimate of drug-likeness (QED) is 0.702. The van der Waals surface area contributed by atoms with Crippen molar-refractivity contribution in [3.63, 3.8) is 0 Å². The van der Waals surface area contributed by atoms with Crippen LogP contribution in [0.2, 0.25) is 0 Å².